The molecule has 4 rings (SSSR count). The van der Waals surface area contributed by atoms with Gasteiger partial charge in [0.25, 0.3) is 5.91 Å². The summed E-state index contributed by atoms with van der Waals surface area (Å²) in [7, 11) is 0. The van der Waals surface area contributed by atoms with Crippen molar-refractivity contribution in [1.29, 1.82) is 0 Å². The SMILES string of the molecule is O=C(NC(C(=O)NCCc1ccc(F)cc1)c1ccccc1)c1ccc2ncccc2c1. The molecule has 160 valence electrons. The van der Waals surface area contributed by atoms with E-state index in [4.69, 9.17) is 0 Å². The number of nitrogens with zero attached hydrogens (tertiary/aromatic N) is 1. The molecule has 5 nitrogen and oxygen atoms in total. The molecule has 2 N–H and O–H groups in total. The second-order valence-electron chi connectivity index (χ2n) is 7.40. The van der Waals surface area contributed by atoms with Gasteiger partial charge in [0.05, 0.1) is 5.52 Å². The van der Waals surface area contributed by atoms with Crippen molar-refractivity contribution in [3.63, 3.8) is 0 Å². The number of nitrogens with one attached hydrogen (secondary N) is 2. The number of halogens is 1. The number of aromatic nitrogens is 1. The molecule has 32 heavy (non-hydrogen) atoms. The maximum Gasteiger partial charge on any atom is 0.252 e. The summed E-state index contributed by atoms with van der Waals surface area (Å²) < 4.78 is 13.1. The molecule has 1 atom stereocenters. The van der Waals surface area contributed by atoms with Crippen molar-refractivity contribution in [3.05, 3.63) is 114 Å². The Labute approximate surface area is 185 Å². The van der Waals surface area contributed by atoms with Crippen LogP contribution in [0.1, 0.15) is 27.5 Å². The molecule has 0 spiro atoms. The van der Waals surface area contributed by atoms with Gasteiger partial charge < -0.3 is 10.6 Å². The molecule has 1 heterocycles. The topological polar surface area (TPSA) is 71.1 Å². The van der Waals surface area contributed by atoms with Crippen LogP contribution in [-0.2, 0) is 11.2 Å². The standard InChI is InChI=1S/C26H22FN3O2/c27-22-11-8-18(9-12-22)14-16-29-26(32)24(19-5-2-1-3-6-19)30-25(31)21-10-13-23-20(17-21)7-4-15-28-23/h1-13,15,17,24H,14,16H2,(H,29,32)(H,30,31). The summed E-state index contributed by atoms with van der Waals surface area (Å²) in [5.41, 5.74) is 2.84. The summed E-state index contributed by atoms with van der Waals surface area (Å²) in [4.78, 5) is 30.2. The Morgan fingerprint density at radius 3 is 2.47 bits per heavy atom. The van der Waals surface area contributed by atoms with Crippen molar-refractivity contribution in [2.24, 2.45) is 0 Å². The Bertz CT molecular complexity index is 1230. The molecule has 0 aliphatic rings. The zero-order chi connectivity index (χ0) is 22.3. The zero-order valence-corrected chi connectivity index (χ0v) is 17.3. The maximum atomic E-state index is 13.1. The van der Waals surface area contributed by atoms with Crippen molar-refractivity contribution in [2.45, 2.75) is 12.5 Å². The van der Waals surface area contributed by atoms with Crippen LogP contribution in [0.25, 0.3) is 10.9 Å². The molecular weight excluding hydrogens is 405 g/mol. The van der Waals surface area contributed by atoms with Gasteiger partial charge in [0.1, 0.15) is 11.9 Å². The van der Waals surface area contributed by atoms with E-state index in [9.17, 15) is 14.0 Å². The molecule has 0 bridgehead atoms. The van der Waals surface area contributed by atoms with E-state index in [-0.39, 0.29) is 17.6 Å². The lowest BCUT2D eigenvalue weighted by atomic mass is 10.0. The van der Waals surface area contributed by atoms with Crippen molar-refractivity contribution in [3.8, 4) is 0 Å². The molecule has 0 radical (unpaired) electrons. The first-order chi connectivity index (χ1) is 15.6. The number of hydrogen-bond acceptors (Lipinski definition) is 3. The van der Waals surface area contributed by atoms with Gasteiger partial charge >= 0.3 is 0 Å². The second-order valence-corrected chi connectivity index (χ2v) is 7.40. The number of benzene rings is 3. The van der Waals surface area contributed by atoms with Gasteiger partial charge in [0.15, 0.2) is 0 Å². The smallest absolute Gasteiger partial charge is 0.252 e. The van der Waals surface area contributed by atoms with Crippen molar-refractivity contribution in [2.75, 3.05) is 6.54 Å². The molecule has 2 amide bonds. The number of hydrogen-bond donors (Lipinski definition) is 2. The Hall–Kier alpha value is -4.06. The Balaban J connectivity index is 1.47. The van der Waals surface area contributed by atoms with Crippen molar-refractivity contribution in [1.82, 2.24) is 15.6 Å². The molecule has 0 fully saturated rings. The maximum absolute atomic E-state index is 13.1. The molecule has 0 saturated heterocycles. The lowest BCUT2D eigenvalue weighted by Gasteiger charge is -2.19. The first-order valence-corrected chi connectivity index (χ1v) is 10.3. The van der Waals surface area contributed by atoms with Crippen molar-refractivity contribution >= 4 is 22.7 Å². The highest BCUT2D eigenvalue weighted by atomic mass is 19.1. The Morgan fingerprint density at radius 1 is 0.906 bits per heavy atom. The number of fused-ring (bicyclic) bond motifs is 1. The molecule has 0 saturated carbocycles. The van der Waals surface area contributed by atoms with Crippen LogP contribution in [0.4, 0.5) is 4.39 Å². The molecule has 4 aromatic rings. The first kappa shape index (κ1) is 21.2. The average molecular weight is 427 g/mol. The highest BCUT2D eigenvalue weighted by Gasteiger charge is 2.23. The monoisotopic (exact) mass is 427 g/mol. The van der Waals surface area contributed by atoms with E-state index < -0.39 is 6.04 Å². The van der Waals surface area contributed by atoms with Gasteiger partial charge in [-0.2, -0.15) is 0 Å². The summed E-state index contributed by atoms with van der Waals surface area (Å²) in [6.45, 7) is 0.366. The van der Waals surface area contributed by atoms with Gasteiger partial charge in [0, 0.05) is 23.7 Å². The number of carbonyl (C=O) groups excluding carboxylic acids is 2. The largest absolute Gasteiger partial charge is 0.354 e. The van der Waals surface area contributed by atoms with Gasteiger partial charge in [-0.3, -0.25) is 14.6 Å². The van der Waals surface area contributed by atoms with Crippen LogP contribution in [0.5, 0.6) is 0 Å². The molecule has 1 aromatic heterocycles. The van der Waals surface area contributed by atoms with Crippen molar-refractivity contribution < 1.29 is 14.0 Å². The van der Waals surface area contributed by atoms with Crippen LogP contribution >= 0.6 is 0 Å². The van der Waals surface area contributed by atoms with E-state index in [0.29, 0.717) is 24.1 Å². The minimum Gasteiger partial charge on any atom is -0.354 e. The minimum atomic E-state index is -0.846. The predicted molar refractivity (Wildman–Crippen MR) is 122 cm³/mol. The van der Waals surface area contributed by atoms with Gasteiger partial charge in [-0.15, -0.1) is 0 Å². The summed E-state index contributed by atoms with van der Waals surface area (Å²) >= 11 is 0. The van der Waals surface area contributed by atoms with E-state index in [1.807, 2.05) is 30.3 Å². The normalized spacial score (nSPS) is 11.7. The van der Waals surface area contributed by atoms with Crippen LogP contribution in [0.15, 0.2) is 91.1 Å². The fourth-order valence-corrected chi connectivity index (χ4v) is 3.46. The van der Waals surface area contributed by atoms with E-state index in [0.717, 1.165) is 16.5 Å². The quantitative estimate of drug-likeness (QED) is 0.464. The number of rotatable bonds is 7. The third-order valence-electron chi connectivity index (χ3n) is 5.16. The third-order valence-corrected chi connectivity index (χ3v) is 5.16. The van der Waals surface area contributed by atoms with E-state index in [1.54, 1.807) is 48.7 Å². The fourth-order valence-electron chi connectivity index (χ4n) is 3.46. The average Bonchev–Trinajstić information content (AvgIpc) is 2.83. The Morgan fingerprint density at radius 2 is 1.69 bits per heavy atom. The molecule has 0 aliphatic heterocycles. The van der Waals surface area contributed by atoms with Crippen LogP contribution in [0.3, 0.4) is 0 Å². The number of amides is 2. The lowest BCUT2D eigenvalue weighted by molar-refractivity contribution is -0.123. The van der Waals surface area contributed by atoms with Crippen LogP contribution in [-0.4, -0.2) is 23.3 Å². The third kappa shape index (κ3) is 5.16. The lowest BCUT2D eigenvalue weighted by Crippen LogP contribution is -2.41. The van der Waals surface area contributed by atoms with Crippen LogP contribution < -0.4 is 10.6 Å². The predicted octanol–water partition coefficient (Wildman–Crippen LogP) is 4.20. The van der Waals surface area contributed by atoms with Gasteiger partial charge in [-0.05, 0) is 53.9 Å². The molecule has 6 heteroatoms. The highest BCUT2D eigenvalue weighted by Crippen LogP contribution is 2.17. The number of pyridine rings is 1. The zero-order valence-electron chi connectivity index (χ0n) is 17.3. The summed E-state index contributed by atoms with van der Waals surface area (Å²) in [5, 5.41) is 6.57. The van der Waals surface area contributed by atoms with E-state index in [2.05, 4.69) is 15.6 Å². The molecule has 1 unspecified atom stereocenters. The minimum absolute atomic E-state index is 0.297. The van der Waals surface area contributed by atoms with Gasteiger partial charge in [-0.25, -0.2) is 4.39 Å². The fraction of sp³-hybridized carbons (Fsp3) is 0.115. The van der Waals surface area contributed by atoms with Gasteiger partial charge in [0.2, 0.25) is 5.91 Å². The second kappa shape index (κ2) is 9.83. The first-order valence-electron chi connectivity index (χ1n) is 10.3. The van der Waals surface area contributed by atoms with E-state index in [1.165, 1.54) is 12.1 Å². The summed E-state index contributed by atoms with van der Waals surface area (Å²) in [6, 6.07) is 23.3. The van der Waals surface area contributed by atoms with E-state index >= 15 is 0 Å². The van der Waals surface area contributed by atoms with Crippen LogP contribution in [0.2, 0.25) is 0 Å². The van der Waals surface area contributed by atoms with Crippen LogP contribution in [0, 0.1) is 5.82 Å². The molecule has 3 aromatic carbocycles. The number of carbonyl (C=O) groups is 2. The molecular formula is C26H22FN3O2. The van der Waals surface area contributed by atoms with Gasteiger partial charge in [-0.1, -0.05) is 48.5 Å². The summed E-state index contributed by atoms with van der Waals surface area (Å²) in [6.07, 6.45) is 2.25. The highest BCUT2D eigenvalue weighted by molar-refractivity contribution is 6.00. The molecule has 0 aliphatic carbocycles. The Kier molecular flexibility index (Phi) is 6.51. The summed E-state index contributed by atoms with van der Waals surface area (Å²) in [5.74, 6) is -0.957.